The number of benzene rings is 1. The maximum absolute atomic E-state index is 12.8. The van der Waals surface area contributed by atoms with Crippen molar-refractivity contribution in [3.63, 3.8) is 0 Å². The van der Waals surface area contributed by atoms with Crippen molar-refractivity contribution < 1.29 is 14.4 Å². The van der Waals surface area contributed by atoms with E-state index in [-0.39, 0.29) is 18.4 Å². The Morgan fingerprint density at radius 1 is 1.27 bits per heavy atom. The lowest BCUT2D eigenvalue weighted by Crippen LogP contribution is -2.47. The summed E-state index contributed by atoms with van der Waals surface area (Å²) in [7, 11) is 0. The zero-order chi connectivity index (χ0) is 18.9. The Balaban J connectivity index is 1.72. The number of nitrogens with zero attached hydrogens (tertiary/aromatic N) is 2. The van der Waals surface area contributed by atoms with Gasteiger partial charge >= 0.3 is 6.03 Å². The van der Waals surface area contributed by atoms with E-state index in [9.17, 15) is 14.4 Å². The van der Waals surface area contributed by atoms with Crippen LogP contribution in [0.25, 0.3) is 0 Å². The van der Waals surface area contributed by atoms with E-state index in [0.717, 1.165) is 35.4 Å². The Bertz CT molecular complexity index is 731. The highest BCUT2D eigenvalue weighted by Crippen LogP contribution is 2.28. The van der Waals surface area contributed by atoms with Gasteiger partial charge in [-0.25, -0.2) is 4.79 Å². The van der Waals surface area contributed by atoms with E-state index in [1.165, 1.54) is 0 Å². The number of aryl methyl sites for hydroxylation is 1. The molecule has 1 fully saturated rings. The highest BCUT2D eigenvalue weighted by atomic mass is 16.2. The molecule has 0 spiro atoms. The summed E-state index contributed by atoms with van der Waals surface area (Å²) >= 11 is 0. The van der Waals surface area contributed by atoms with Gasteiger partial charge in [0.2, 0.25) is 5.91 Å². The summed E-state index contributed by atoms with van der Waals surface area (Å²) in [5.74, 6) is -0.0763. The summed E-state index contributed by atoms with van der Waals surface area (Å²) in [6.45, 7) is 6.32. The Kier molecular flexibility index (Phi) is 5.03. The molecule has 0 bridgehead atoms. The fourth-order valence-electron chi connectivity index (χ4n) is 3.65. The third-order valence-corrected chi connectivity index (χ3v) is 5.27. The smallest absolute Gasteiger partial charge is 0.323 e. The van der Waals surface area contributed by atoms with Gasteiger partial charge in [0.15, 0.2) is 0 Å². The van der Waals surface area contributed by atoms with E-state index in [0.29, 0.717) is 18.9 Å². The van der Waals surface area contributed by atoms with Gasteiger partial charge in [-0.1, -0.05) is 32.0 Å². The molecule has 0 radical (unpaired) electrons. The molecule has 1 N–H and O–H groups in total. The Morgan fingerprint density at radius 2 is 2.00 bits per heavy atom. The first-order valence-corrected chi connectivity index (χ1v) is 9.34. The van der Waals surface area contributed by atoms with E-state index in [4.69, 9.17) is 0 Å². The highest BCUT2D eigenvalue weighted by Gasteiger charge is 2.48. The summed E-state index contributed by atoms with van der Waals surface area (Å²) in [6.07, 6.45) is 3.24. The van der Waals surface area contributed by atoms with Gasteiger partial charge in [-0.3, -0.25) is 14.5 Å². The van der Waals surface area contributed by atoms with Crippen molar-refractivity contribution in [2.75, 3.05) is 18.0 Å². The lowest BCUT2D eigenvalue weighted by atomic mass is 9.92. The molecule has 1 aromatic rings. The summed E-state index contributed by atoms with van der Waals surface area (Å²) < 4.78 is 0. The predicted molar refractivity (Wildman–Crippen MR) is 99.8 cm³/mol. The third-order valence-electron chi connectivity index (χ3n) is 5.27. The molecule has 0 saturated carbocycles. The van der Waals surface area contributed by atoms with Crippen LogP contribution in [-0.2, 0) is 16.0 Å². The number of hydrogen-bond donors (Lipinski definition) is 1. The molecule has 1 saturated heterocycles. The zero-order valence-electron chi connectivity index (χ0n) is 15.7. The minimum Gasteiger partial charge on any atom is -0.323 e. The number of imide groups is 1. The lowest BCUT2D eigenvalue weighted by Gasteiger charge is -2.30. The minimum atomic E-state index is -0.915. The Labute approximate surface area is 154 Å². The molecule has 1 atom stereocenters. The van der Waals surface area contributed by atoms with Gasteiger partial charge in [0.25, 0.3) is 5.91 Å². The average molecular weight is 357 g/mol. The van der Waals surface area contributed by atoms with E-state index >= 15 is 0 Å². The highest BCUT2D eigenvalue weighted by molar-refractivity contribution is 6.10. The van der Waals surface area contributed by atoms with E-state index in [2.05, 4.69) is 19.2 Å². The van der Waals surface area contributed by atoms with Gasteiger partial charge in [-0.2, -0.15) is 0 Å². The van der Waals surface area contributed by atoms with Gasteiger partial charge in [0.1, 0.15) is 12.1 Å². The first-order chi connectivity index (χ1) is 12.3. The summed E-state index contributed by atoms with van der Waals surface area (Å²) in [5, 5.41) is 2.78. The third kappa shape index (κ3) is 3.45. The van der Waals surface area contributed by atoms with E-state index in [1.54, 1.807) is 11.8 Å². The second kappa shape index (κ2) is 7.09. The second-order valence-electron chi connectivity index (χ2n) is 7.86. The fraction of sp³-hybridized carbons (Fsp3) is 0.550. The number of fused-ring (bicyclic) bond motifs is 1. The van der Waals surface area contributed by atoms with Gasteiger partial charge in [0.05, 0.1) is 0 Å². The number of carbonyl (C=O) groups excluding carboxylic acids is 3. The molecule has 3 rings (SSSR count). The molecular weight excluding hydrogens is 330 g/mol. The van der Waals surface area contributed by atoms with Crippen LogP contribution in [0.4, 0.5) is 10.5 Å². The maximum atomic E-state index is 12.8. The number of carbonyl (C=O) groups is 3. The van der Waals surface area contributed by atoms with Crippen LogP contribution in [0.5, 0.6) is 0 Å². The number of hydrogen-bond acceptors (Lipinski definition) is 3. The van der Waals surface area contributed by atoms with Gasteiger partial charge in [-0.05, 0) is 50.2 Å². The molecule has 1 unspecified atom stereocenters. The molecule has 0 aromatic heterocycles. The van der Waals surface area contributed by atoms with E-state index in [1.807, 2.05) is 24.3 Å². The lowest BCUT2D eigenvalue weighted by molar-refractivity contribution is -0.134. The predicted octanol–water partition coefficient (Wildman–Crippen LogP) is 2.71. The van der Waals surface area contributed by atoms with Crippen molar-refractivity contribution in [2.45, 2.75) is 52.0 Å². The second-order valence-corrected chi connectivity index (χ2v) is 7.86. The van der Waals surface area contributed by atoms with Gasteiger partial charge in [-0.15, -0.1) is 0 Å². The van der Waals surface area contributed by atoms with Crippen molar-refractivity contribution >= 4 is 23.5 Å². The molecule has 6 heteroatoms. The van der Waals surface area contributed by atoms with Crippen molar-refractivity contribution in [3.8, 4) is 0 Å². The first-order valence-electron chi connectivity index (χ1n) is 9.34. The number of urea groups is 1. The zero-order valence-corrected chi connectivity index (χ0v) is 15.7. The van der Waals surface area contributed by atoms with Crippen LogP contribution in [0, 0.1) is 5.92 Å². The van der Waals surface area contributed by atoms with Crippen molar-refractivity contribution in [1.82, 2.24) is 10.2 Å². The number of anilines is 1. The molecule has 26 heavy (non-hydrogen) atoms. The van der Waals surface area contributed by atoms with Crippen molar-refractivity contribution in [3.05, 3.63) is 29.8 Å². The first kappa shape index (κ1) is 18.4. The molecule has 2 aliphatic heterocycles. The molecule has 6 nitrogen and oxygen atoms in total. The molecule has 140 valence electrons. The molecule has 1 aromatic carbocycles. The molecular formula is C20H27N3O3. The molecule has 0 aliphatic carbocycles. The van der Waals surface area contributed by atoms with Gasteiger partial charge < -0.3 is 10.2 Å². The quantitative estimate of drug-likeness (QED) is 0.824. The molecule has 2 aliphatic rings. The van der Waals surface area contributed by atoms with Crippen LogP contribution in [0.15, 0.2) is 24.3 Å². The van der Waals surface area contributed by atoms with Crippen LogP contribution in [-0.4, -0.2) is 41.4 Å². The van der Waals surface area contributed by atoms with Crippen LogP contribution < -0.4 is 10.2 Å². The number of amides is 4. The Hall–Kier alpha value is -2.37. The molecule has 2 heterocycles. The number of para-hydroxylation sites is 1. The molecule has 4 amide bonds. The van der Waals surface area contributed by atoms with Crippen LogP contribution in [0.3, 0.4) is 0 Å². The average Bonchev–Trinajstić information content (AvgIpc) is 2.83. The summed E-state index contributed by atoms with van der Waals surface area (Å²) in [5.41, 5.74) is 1.10. The maximum Gasteiger partial charge on any atom is 0.325 e. The van der Waals surface area contributed by atoms with E-state index < -0.39 is 11.6 Å². The largest absolute Gasteiger partial charge is 0.325 e. The summed E-state index contributed by atoms with van der Waals surface area (Å²) in [6, 6.07) is 7.34. The Morgan fingerprint density at radius 3 is 2.73 bits per heavy atom. The van der Waals surface area contributed by atoms with Crippen molar-refractivity contribution in [1.29, 1.82) is 0 Å². The number of nitrogens with one attached hydrogen (secondary N) is 1. The van der Waals surface area contributed by atoms with Crippen LogP contribution in [0.2, 0.25) is 0 Å². The standard InChI is InChI=1S/C20H27N3O3/c1-14(2)10-11-20(3)18(25)23(19(26)21-20)13-17(24)22-12-6-8-15-7-4-5-9-16(15)22/h4-5,7,9,14H,6,8,10-13H2,1-3H3,(H,21,26). The minimum absolute atomic E-state index is 0.212. The normalized spacial score (nSPS) is 22.6. The number of rotatable bonds is 5. The SMILES string of the molecule is CC(C)CCC1(C)NC(=O)N(CC(=O)N2CCCc3ccccc32)C1=O. The monoisotopic (exact) mass is 357 g/mol. The topological polar surface area (TPSA) is 69.7 Å². The fourth-order valence-corrected chi connectivity index (χ4v) is 3.65. The van der Waals surface area contributed by atoms with Crippen LogP contribution >= 0.6 is 0 Å². The van der Waals surface area contributed by atoms with Crippen molar-refractivity contribution in [2.24, 2.45) is 5.92 Å². The van der Waals surface area contributed by atoms with Crippen LogP contribution in [0.1, 0.15) is 45.6 Å². The summed E-state index contributed by atoms with van der Waals surface area (Å²) in [4.78, 5) is 40.7. The van der Waals surface area contributed by atoms with Gasteiger partial charge in [0, 0.05) is 12.2 Å².